The maximum Gasteiger partial charge on any atom is 0.0431 e. The maximum absolute atomic E-state index is 6.24. The highest BCUT2D eigenvalue weighted by molar-refractivity contribution is 9.10. The molecule has 90 valence electrons. The number of thiophene rings is 1. The standard InChI is InChI=1S/C14H16BrNS/c1-9-3-5-11(6-4-9)7-13(16)14-8-12(15)10(2)17-14/h3-6,8,13H,7,16H2,1-2H3. The summed E-state index contributed by atoms with van der Waals surface area (Å²) in [5.41, 5.74) is 8.82. The Kier molecular flexibility index (Phi) is 4.02. The second-order valence-corrected chi connectivity index (χ2v) is 6.49. The molecule has 0 amide bonds. The average Bonchev–Trinajstić information content (AvgIpc) is 2.63. The van der Waals surface area contributed by atoms with Crippen molar-refractivity contribution in [2.75, 3.05) is 0 Å². The van der Waals surface area contributed by atoms with Crippen LogP contribution in [0.2, 0.25) is 0 Å². The van der Waals surface area contributed by atoms with Crippen molar-refractivity contribution in [3.63, 3.8) is 0 Å². The predicted molar refractivity (Wildman–Crippen MR) is 78.6 cm³/mol. The molecule has 0 bridgehead atoms. The Bertz CT molecular complexity index is 482. The first-order chi connectivity index (χ1) is 8.06. The van der Waals surface area contributed by atoms with Crippen LogP contribution >= 0.6 is 27.3 Å². The number of rotatable bonds is 3. The summed E-state index contributed by atoms with van der Waals surface area (Å²) in [4.78, 5) is 2.54. The van der Waals surface area contributed by atoms with Gasteiger partial charge in [-0.2, -0.15) is 0 Å². The largest absolute Gasteiger partial charge is 0.323 e. The Morgan fingerprint density at radius 3 is 2.41 bits per heavy atom. The van der Waals surface area contributed by atoms with E-state index in [0.29, 0.717) is 0 Å². The average molecular weight is 310 g/mol. The Hall–Kier alpha value is -0.640. The molecule has 1 aromatic heterocycles. The molecule has 3 heteroatoms. The minimum atomic E-state index is 0.0905. The zero-order chi connectivity index (χ0) is 12.4. The molecule has 0 saturated carbocycles. The third-order valence-electron chi connectivity index (χ3n) is 2.82. The third-order valence-corrected chi connectivity index (χ3v) is 5.09. The van der Waals surface area contributed by atoms with E-state index in [0.717, 1.165) is 10.9 Å². The van der Waals surface area contributed by atoms with Gasteiger partial charge in [0.15, 0.2) is 0 Å². The molecule has 0 radical (unpaired) electrons. The van der Waals surface area contributed by atoms with Crippen molar-refractivity contribution >= 4 is 27.3 Å². The van der Waals surface area contributed by atoms with Gasteiger partial charge in [-0.1, -0.05) is 29.8 Å². The van der Waals surface area contributed by atoms with Crippen molar-refractivity contribution in [1.29, 1.82) is 0 Å². The van der Waals surface area contributed by atoms with Gasteiger partial charge in [-0.05, 0) is 47.8 Å². The van der Waals surface area contributed by atoms with Gasteiger partial charge >= 0.3 is 0 Å². The molecule has 0 aliphatic heterocycles. The Labute approximate surface area is 115 Å². The van der Waals surface area contributed by atoms with Crippen LogP contribution in [0.3, 0.4) is 0 Å². The van der Waals surface area contributed by atoms with Crippen molar-refractivity contribution < 1.29 is 0 Å². The smallest absolute Gasteiger partial charge is 0.0431 e. The van der Waals surface area contributed by atoms with Crippen LogP contribution in [0.1, 0.15) is 26.9 Å². The molecule has 0 aliphatic carbocycles. The second kappa shape index (κ2) is 5.34. The molecule has 1 heterocycles. The number of hydrogen-bond donors (Lipinski definition) is 1. The van der Waals surface area contributed by atoms with E-state index in [-0.39, 0.29) is 6.04 Å². The van der Waals surface area contributed by atoms with E-state index in [1.54, 1.807) is 11.3 Å². The fraction of sp³-hybridized carbons (Fsp3) is 0.286. The molecule has 0 aliphatic rings. The maximum atomic E-state index is 6.24. The summed E-state index contributed by atoms with van der Waals surface area (Å²) in [5, 5.41) is 0. The van der Waals surface area contributed by atoms with Crippen LogP contribution in [0, 0.1) is 13.8 Å². The van der Waals surface area contributed by atoms with E-state index in [1.807, 2.05) is 0 Å². The topological polar surface area (TPSA) is 26.0 Å². The first kappa shape index (κ1) is 12.8. The predicted octanol–water partition coefficient (Wildman–Crippen LogP) is 4.37. The van der Waals surface area contributed by atoms with Crippen LogP contribution in [-0.2, 0) is 6.42 Å². The first-order valence-electron chi connectivity index (χ1n) is 5.63. The number of benzene rings is 1. The highest BCUT2D eigenvalue weighted by Crippen LogP contribution is 2.31. The molecule has 0 spiro atoms. The zero-order valence-electron chi connectivity index (χ0n) is 10.0. The highest BCUT2D eigenvalue weighted by Gasteiger charge is 2.11. The van der Waals surface area contributed by atoms with Crippen LogP contribution in [0.15, 0.2) is 34.8 Å². The van der Waals surface area contributed by atoms with Crippen molar-refractivity contribution in [1.82, 2.24) is 0 Å². The molecule has 1 nitrogen and oxygen atoms in total. The SMILES string of the molecule is Cc1ccc(CC(N)c2cc(Br)c(C)s2)cc1. The van der Waals surface area contributed by atoms with Crippen LogP contribution in [-0.4, -0.2) is 0 Å². The second-order valence-electron chi connectivity index (χ2n) is 4.35. The van der Waals surface area contributed by atoms with Gasteiger partial charge in [0, 0.05) is 20.3 Å². The van der Waals surface area contributed by atoms with Crippen LogP contribution in [0.25, 0.3) is 0 Å². The van der Waals surface area contributed by atoms with Gasteiger partial charge in [-0.3, -0.25) is 0 Å². The Morgan fingerprint density at radius 2 is 1.88 bits per heavy atom. The van der Waals surface area contributed by atoms with Crippen molar-refractivity contribution in [3.05, 3.63) is 55.7 Å². The Morgan fingerprint density at radius 1 is 1.24 bits per heavy atom. The van der Waals surface area contributed by atoms with Crippen molar-refractivity contribution in [2.45, 2.75) is 26.3 Å². The molecule has 1 unspecified atom stereocenters. The molecule has 1 aromatic carbocycles. The Balaban J connectivity index is 2.11. The fourth-order valence-electron chi connectivity index (χ4n) is 1.74. The van der Waals surface area contributed by atoms with Crippen LogP contribution < -0.4 is 5.73 Å². The quantitative estimate of drug-likeness (QED) is 0.895. The third kappa shape index (κ3) is 3.18. The van der Waals surface area contributed by atoms with Gasteiger partial charge in [0.2, 0.25) is 0 Å². The summed E-state index contributed by atoms with van der Waals surface area (Å²) in [6.07, 6.45) is 0.896. The van der Waals surface area contributed by atoms with E-state index in [9.17, 15) is 0 Å². The lowest BCUT2D eigenvalue weighted by molar-refractivity contribution is 0.736. The van der Waals surface area contributed by atoms with Gasteiger partial charge < -0.3 is 5.73 Å². The molecule has 0 saturated heterocycles. The van der Waals surface area contributed by atoms with Crippen molar-refractivity contribution in [2.24, 2.45) is 5.73 Å². The lowest BCUT2D eigenvalue weighted by Gasteiger charge is -2.09. The highest BCUT2D eigenvalue weighted by atomic mass is 79.9. The summed E-state index contributed by atoms with van der Waals surface area (Å²) >= 11 is 5.31. The number of aryl methyl sites for hydroxylation is 2. The summed E-state index contributed by atoms with van der Waals surface area (Å²) in [6, 6.07) is 10.8. The van der Waals surface area contributed by atoms with E-state index in [2.05, 4.69) is 60.1 Å². The fourth-order valence-corrected chi connectivity index (χ4v) is 3.31. The summed E-state index contributed by atoms with van der Waals surface area (Å²) in [6.45, 7) is 4.21. The van der Waals surface area contributed by atoms with E-state index in [4.69, 9.17) is 5.73 Å². The van der Waals surface area contributed by atoms with Gasteiger partial charge in [0.25, 0.3) is 0 Å². The molecule has 2 N–H and O–H groups in total. The number of nitrogens with two attached hydrogens (primary N) is 1. The van der Waals surface area contributed by atoms with Crippen LogP contribution in [0.4, 0.5) is 0 Å². The zero-order valence-corrected chi connectivity index (χ0v) is 12.4. The van der Waals surface area contributed by atoms with E-state index >= 15 is 0 Å². The van der Waals surface area contributed by atoms with Gasteiger partial charge in [0.1, 0.15) is 0 Å². The summed E-state index contributed by atoms with van der Waals surface area (Å²) < 4.78 is 1.16. The molecule has 2 rings (SSSR count). The molecule has 17 heavy (non-hydrogen) atoms. The molecule has 1 atom stereocenters. The van der Waals surface area contributed by atoms with Gasteiger partial charge in [0.05, 0.1) is 0 Å². The lowest BCUT2D eigenvalue weighted by Crippen LogP contribution is -2.11. The molecular weight excluding hydrogens is 294 g/mol. The van der Waals surface area contributed by atoms with Crippen molar-refractivity contribution in [3.8, 4) is 0 Å². The van der Waals surface area contributed by atoms with Gasteiger partial charge in [-0.15, -0.1) is 11.3 Å². The van der Waals surface area contributed by atoms with Crippen LogP contribution in [0.5, 0.6) is 0 Å². The monoisotopic (exact) mass is 309 g/mol. The van der Waals surface area contributed by atoms with E-state index < -0.39 is 0 Å². The number of halogens is 1. The van der Waals surface area contributed by atoms with Gasteiger partial charge in [-0.25, -0.2) is 0 Å². The lowest BCUT2D eigenvalue weighted by atomic mass is 10.0. The summed E-state index contributed by atoms with van der Waals surface area (Å²) in [5.74, 6) is 0. The minimum absolute atomic E-state index is 0.0905. The first-order valence-corrected chi connectivity index (χ1v) is 7.24. The summed E-state index contributed by atoms with van der Waals surface area (Å²) in [7, 11) is 0. The normalized spacial score (nSPS) is 12.7. The molecule has 2 aromatic rings. The number of hydrogen-bond acceptors (Lipinski definition) is 2. The molecular formula is C14H16BrNS. The minimum Gasteiger partial charge on any atom is -0.323 e. The van der Waals surface area contributed by atoms with E-state index in [1.165, 1.54) is 20.9 Å². The molecule has 0 fully saturated rings.